The van der Waals surface area contributed by atoms with Crippen molar-refractivity contribution in [1.29, 1.82) is 0 Å². The number of amides is 5. The number of methoxy groups -OCH3 is 1. The molecule has 0 saturated carbocycles. The van der Waals surface area contributed by atoms with Gasteiger partial charge in [0.05, 0.1) is 18.7 Å². The van der Waals surface area contributed by atoms with Crippen molar-refractivity contribution < 1.29 is 29.0 Å². The molecule has 2 atom stereocenters. The Labute approximate surface area is 221 Å². The Kier molecular flexibility index (Phi) is 8.35. The second-order valence-electron chi connectivity index (χ2n) is 9.62. The summed E-state index contributed by atoms with van der Waals surface area (Å²) in [5, 5.41) is 17.8. The average Bonchev–Trinajstić information content (AvgIpc) is 3.38. The molecule has 202 valence electrons. The van der Waals surface area contributed by atoms with Gasteiger partial charge in [-0.3, -0.25) is 9.59 Å². The van der Waals surface area contributed by atoms with Gasteiger partial charge in [-0.25, -0.2) is 9.59 Å². The van der Waals surface area contributed by atoms with Crippen LogP contribution < -0.4 is 20.7 Å². The molecule has 0 spiro atoms. The molecule has 5 amide bonds. The first-order chi connectivity index (χ1) is 18.2. The quantitative estimate of drug-likeness (QED) is 0.458. The van der Waals surface area contributed by atoms with E-state index in [9.17, 15) is 24.3 Å². The molecule has 4 rings (SSSR count). The highest BCUT2D eigenvalue weighted by molar-refractivity contribution is 6.02. The Morgan fingerprint density at radius 1 is 0.947 bits per heavy atom. The molecule has 0 radical (unpaired) electrons. The smallest absolute Gasteiger partial charge is 0.323 e. The summed E-state index contributed by atoms with van der Waals surface area (Å²) in [6, 6.07) is 11.3. The summed E-state index contributed by atoms with van der Waals surface area (Å²) in [6.45, 7) is 3.44. The molecule has 11 heteroatoms. The molecule has 0 bridgehead atoms. The number of hydrogen-bond acceptors (Lipinski definition) is 5. The number of hydrogen-bond donors (Lipinski definition) is 4. The van der Waals surface area contributed by atoms with Crippen LogP contribution in [-0.4, -0.2) is 78.2 Å². The Bertz CT molecular complexity index is 1220. The molecule has 4 N–H and O–H groups in total. The number of anilines is 2. The fourth-order valence-corrected chi connectivity index (χ4v) is 4.79. The number of aryl methyl sites for hydroxylation is 1. The van der Waals surface area contributed by atoms with Crippen LogP contribution in [0.5, 0.6) is 5.75 Å². The predicted molar refractivity (Wildman–Crippen MR) is 142 cm³/mol. The molecule has 38 heavy (non-hydrogen) atoms. The number of likely N-dealkylation sites (tertiary alicyclic amines) is 2. The van der Waals surface area contributed by atoms with Crippen molar-refractivity contribution in [1.82, 2.24) is 15.1 Å². The van der Waals surface area contributed by atoms with E-state index in [0.29, 0.717) is 61.6 Å². The zero-order valence-electron chi connectivity index (χ0n) is 21.5. The van der Waals surface area contributed by atoms with Crippen LogP contribution >= 0.6 is 0 Å². The van der Waals surface area contributed by atoms with Gasteiger partial charge >= 0.3 is 18.0 Å². The van der Waals surface area contributed by atoms with E-state index in [2.05, 4.69) is 16.0 Å². The Hall–Kier alpha value is -4.28. The van der Waals surface area contributed by atoms with Gasteiger partial charge in [0.25, 0.3) is 5.91 Å². The zero-order valence-corrected chi connectivity index (χ0v) is 21.5. The van der Waals surface area contributed by atoms with Crippen molar-refractivity contribution in [2.75, 3.05) is 43.9 Å². The number of carbonyl (C=O) groups is 4. The summed E-state index contributed by atoms with van der Waals surface area (Å²) < 4.78 is 5.42. The molecule has 2 aromatic rings. The molecule has 2 aromatic carbocycles. The molecule has 2 saturated heterocycles. The van der Waals surface area contributed by atoms with E-state index in [1.165, 1.54) is 7.11 Å². The highest BCUT2D eigenvalue weighted by Gasteiger charge is 2.32. The van der Waals surface area contributed by atoms with E-state index in [4.69, 9.17) is 4.74 Å². The molecule has 2 fully saturated rings. The Morgan fingerprint density at radius 2 is 1.71 bits per heavy atom. The monoisotopic (exact) mass is 523 g/mol. The summed E-state index contributed by atoms with van der Waals surface area (Å²) >= 11 is 0. The van der Waals surface area contributed by atoms with Gasteiger partial charge in [0.2, 0.25) is 0 Å². The highest BCUT2D eigenvalue weighted by atomic mass is 16.5. The second-order valence-corrected chi connectivity index (χ2v) is 9.62. The van der Waals surface area contributed by atoms with Gasteiger partial charge in [0.15, 0.2) is 0 Å². The first-order valence-corrected chi connectivity index (χ1v) is 12.6. The predicted octanol–water partition coefficient (Wildman–Crippen LogP) is 3.37. The van der Waals surface area contributed by atoms with E-state index < -0.39 is 17.9 Å². The molecule has 2 aliphatic rings. The Balaban J connectivity index is 1.33. The van der Waals surface area contributed by atoms with Gasteiger partial charge in [-0.2, -0.15) is 0 Å². The lowest BCUT2D eigenvalue weighted by Gasteiger charge is -2.31. The van der Waals surface area contributed by atoms with Crippen LogP contribution in [0.25, 0.3) is 0 Å². The fraction of sp³-hybridized carbons (Fsp3) is 0.407. The number of para-hydroxylation sites is 1. The van der Waals surface area contributed by atoms with E-state index >= 15 is 0 Å². The summed E-state index contributed by atoms with van der Waals surface area (Å²) in [4.78, 5) is 52.8. The molecule has 2 unspecified atom stereocenters. The number of benzene rings is 2. The molecular weight excluding hydrogens is 490 g/mol. The number of ether oxygens (including phenoxy) is 1. The van der Waals surface area contributed by atoms with Crippen LogP contribution in [0.3, 0.4) is 0 Å². The third-order valence-corrected chi connectivity index (χ3v) is 6.95. The summed E-state index contributed by atoms with van der Waals surface area (Å²) in [6.07, 6.45) is 1.82. The minimum absolute atomic E-state index is 0.194. The van der Waals surface area contributed by atoms with Crippen molar-refractivity contribution in [2.45, 2.75) is 32.2 Å². The van der Waals surface area contributed by atoms with Gasteiger partial charge in [-0.05, 0) is 56.0 Å². The van der Waals surface area contributed by atoms with E-state index in [-0.39, 0.29) is 24.5 Å². The summed E-state index contributed by atoms with van der Waals surface area (Å²) in [5.74, 6) is -1.29. The summed E-state index contributed by atoms with van der Waals surface area (Å²) in [5.41, 5.74) is 2.44. The van der Waals surface area contributed by atoms with Crippen LogP contribution in [0.4, 0.5) is 21.0 Å². The van der Waals surface area contributed by atoms with Crippen LogP contribution in [0.1, 0.15) is 35.2 Å². The number of carboxylic acids is 1. The van der Waals surface area contributed by atoms with E-state index in [1.807, 2.05) is 25.1 Å². The van der Waals surface area contributed by atoms with Crippen molar-refractivity contribution in [3.8, 4) is 5.75 Å². The van der Waals surface area contributed by atoms with Crippen LogP contribution in [0.2, 0.25) is 0 Å². The maximum Gasteiger partial charge on any atom is 0.323 e. The van der Waals surface area contributed by atoms with Gasteiger partial charge in [0.1, 0.15) is 5.75 Å². The van der Waals surface area contributed by atoms with Gasteiger partial charge < -0.3 is 35.6 Å². The minimum Gasteiger partial charge on any atom is -0.495 e. The maximum absolute atomic E-state index is 13.2. The van der Waals surface area contributed by atoms with Crippen LogP contribution in [0, 0.1) is 12.8 Å². The van der Waals surface area contributed by atoms with Crippen molar-refractivity contribution in [3.63, 3.8) is 0 Å². The van der Waals surface area contributed by atoms with Crippen molar-refractivity contribution >= 4 is 35.3 Å². The first-order valence-electron chi connectivity index (χ1n) is 12.6. The molecular formula is C27H33N5O6. The number of piperidine rings is 1. The SMILES string of the molecule is COc1cc(C(=O)N2CCC(NC(=O)N3CCCC(C(=O)O)C3)C2)ccc1NC(=O)Nc1ccccc1C. The molecule has 0 aromatic heterocycles. The van der Waals surface area contributed by atoms with Crippen LogP contribution in [0.15, 0.2) is 42.5 Å². The lowest BCUT2D eigenvalue weighted by atomic mass is 9.99. The highest BCUT2D eigenvalue weighted by Crippen LogP contribution is 2.27. The maximum atomic E-state index is 13.2. The molecule has 11 nitrogen and oxygen atoms in total. The first kappa shape index (κ1) is 26.8. The largest absolute Gasteiger partial charge is 0.495 e. The molecule has 2 aliphatic heterocycles. The van der Waals surface area contributed by atoms with Gasteiger partial charge in [-0.15, -0.1) is 0 Å². The van der Waals surface area contributed by atoms with Gasteiger partial charge in [-0.1, -0.05) is 18.2 Å². The lowest BCUT2D eigenvalue weighted by Crippen LogP contribution is -2.50. The van der Waals surface area contributed by atoms with Crippen LogP contribution in [-0.2, 0) is 4.79 Å². The topological polar surface area (TPSA) is 140 Å². The summed E-state index contributed by atoms with van der Waals surface area (Å²) in [7, 11) is 1.46. The molecule has 0 aliphatic carbocycles. The van der Waals surface area contributed by atoms with Crippen molar-refractivity contribution in [3.05, 3.63) is 53.6 Å². The number of urea groups is 2. The molecule has 2 heterocycles. The van der Waals surface area contributed by atoms with E-state index in [0.717, 1.165) is 5.56 Å². The normalized spacial score (nSPS) is 19.0. The fourth-order valence-electron chi connectivity index (χ4n) is 4.79. The number of nitrogens with one attached hydrogen (secondary N) is 3. The second kappa shape index (κ2) is 11.8. The number of rotatable bonds is 6. The van der Waals surface area contributed by atoms with E-state index in [1.54, 1.807) is 34.1 Å². The number of nitrogens with zero attached hydrogens (tertiary/aromatic N) is 2. The number of carbonyl (C=O) groups excluding carboxylic acids is 3. The van der Waals surface area contributed by atoms with Crippen molar-refractivity contribution in [2.24, 2.45) is 5.92 Å². The standard InChI is InChI=1S/C27H33N5O6/c1-17-6-3-4-8-21(17)29-26(36)30-22-10-9-18(14-23(22)38-2)24(33)31-13-11-20(16-31)28-27(37)32-12-5-7-19(15-32)25(34)35/h3-4,6,8-10,14,19-20H,5,7,11-13,15-16H2,1-2H3,(H,28,37)(H,34,35)(H2,29,30,36). The zero-order chi connectivity index (χ0) is 27.2. The third-order valence-electron chi connectivity index (χ3n) is 6.95. The van der Waals surface area contributed by atoms with Gasteiger partial charge in [0, 0.05) is 43.5 Å². The number of aliphatic carboxylic acids is 1. The lowest BCUT2D eigenvalue weighted by molar-refractivity contribution is -0.143. The third kappa shape index (κ3) is 6.34. The minimum atomic E-state index is -0.885. The number of carboxylic acid groups (broad SMARTS) is 1. The average molecular weight is 524 g/mol. The Morgan fingerprint density at radius 3 is 2.45 bits per heavy atom.